The molecule has 0 amide bonds. The van der Waals surface area contributed by atoms with Crippen molar-refractivity contribution in [3.8, 4) is 0 Å². The molecule has 0 aliphatic rings. The van der Waals surface area contributed by atoms with E-state index < -0.39 is 6.09 Å². The normalized spacial score (nSPS) is 11.5. The first-order chi connectivity index (χ1) is 10.2. The zero-order chi connectivity index (χ0) is 16.5. The van der Waals surface area contributed by atoms with Crippen molar-refractivity contribution in [2.45, 2.75) is 33.1 Å². The van der Waals surface area contributed by atoms with Crippen molar-refractivity contribution in [1.29, 1.82) is 0 Å². The molecule has 2 aromatic rings. The van der Waals surface area contributed by atoms with Gasteiger partial charge in [-0.3, -0.25) is 0 Å². The van der Waals surface area contributed by atoms with Crippen LogP contribution in [0.3, 0.4) is 0 Å². The maximum Gasteiger partial charge on any atom is 0.419 e. The topological polar surface area (TPSA) is 56.2 Å². The monoisotopic (exact) mass is 337 g/mol. The van der Waals surface area contributed by atoms with Crippen molar-refractivity contribution in [3.63, 3.8) is 0 Å². The van der Waals surface area contributed by atoms with Gasteiger partial charge in [-0.25, -0.2) is 14.3 Å². The Bertz CT molecular complexity index is 732. The molecule has 118 valence electrons. The first-order valence-electron chi connectivity index (χ1n) is 6.94. The number of imidazole rings is 1. The highest BCUT2D eigenvalue weighted by atomic mass is 32.1. The summed E-state index contributed by atoms with van der Waals surface area (Å²) in [6.07, 6.45) is -0.430. The number of aromatic nitrogens is 2. The number of rotatable bonds is 2. The lowest BCUT2D eigenvalue weighted by Gasteiger charge is -2.18. The molecule has 1 N–H and O–H groups in total. The molecule has 0 bridgehead atoms. The summed E-state index contributed by atoms with van der Waals surface area (Å²) in [6, 6.07) is 5.51. The Morgan fingerprint density at radius 3 is 2.68 bits per heavy atom. The third-order valence-corrected chi connectivity index (χ3v) is 3.24. The summed E-state index contributed by atoms with van der Waals surface area (Å²) in [5, 5.41) is 2.95. The van der Waals surface area contributed by atoms with Crippen LogP contribution in [-0.2, 0) is 10.2 Å². The number of hydrogen-bond donors (Lipinski definition) is 2. The Morgan fingerprint density at radius 2 is 2.14 bits per heavy atom. The number of ether oxygens (including phenoxy) is 1. The van der Waals surface area contributed by atoms with Crippen molar-refractivity contribution in [1.82, 2.24) is 9.55 Å². The van der Waals surface area contributed by atoms with Gasteiger partial charge in [0.25, 0.3) is 0 Å². The Hall–Kier alpha value is -1.60. The number of nitrogens with zero attached hydrogens (tertiary/aromatic N) is 2. The van der Waals surface area contributed by atoms with Crippen LogP contribution in [0.4, 0.5) is 10.5 Å². The molecule has 22 heavy (non-hydrogen) atoms. The van der Waals surface area contributed by atoms with Gasteiger partial charge in [-0.1, -0.05) is 33.0 Å². The lowest BCUT2D eigenvalue weighted by atomic mass is 9.96. The fourth-order valence-electron chi connectivity index (χ4n) is 2.15. The quantitative estimate of drug-likeness (QED) is 0.641. The van der Waals surface area contributed by atoms with Crippen molar-refractivity contribution in [2.24, 2.45) is 0 Å². The summed E-state index contributed by atoms with van der Waals surface area (Å²) in [6.45, 7) is 8.10. The summed E-state index contributed by atoms with van der Waals surface area (Å²) in [7, 11) is 0. The van der Waals surface area contributed by atoms with E-state index in [0.29, 0.717) is 22.3 Å². The maximum absolute atomic E-state index is 12.4. The molecular formula is C15H19N3O2S2. The number of carbonyl (C=O) groups is 1. The second kappa shape index (κ2) is 6.26. The van der Waals surface area contributed by atoms with E-state index in [4.69, 9.17) is 17.0 Å². The van der Waals surface area contributed by atoms with Gasteiger partial charge in [-0.15, -0.1) is 12.6 Å². The number of benzene rings is 1. The number of anilines is 1. The van der Waals surface area contributed by atoms with Crippen LogP contribution in [0.5, 0.6) is 0 Å². The molecule has 0 aliphatic carbocycles. The molecule has 0 unspecified atom stereocenters. The highest BCUT2D eigenvalue weighted by molar-refractivity contribution is 8.11. The molecule has 0 aliphatic heterocycles. The van der Waals surface area contributed by atoms with Crippen molar-refractivity contribution in [3.05, 3.63) is 24.0 Å². The number of thiol groups is 1. The summed E-state index contributed by atoms with van der Waals surface area (Å²) in [5.74, 6) is 0.659. The zero-order valence-corrected chi connectivity index (χ0v) is 14.7. The van der Waals surface area contributed by atoms with Crippen molar-refractivity contribution < 1.29 is 9.53 Å². The van der Waals surface area contributed by atoms with E-state index in [1.807, 2.05) is 39.0 Å². The maximum atomic E-state index is 12.4. The largest absolute Gasteiger partial charge is 0.449 e. The molecule has 1 aromatic heterocycles. The van der Waals surface area contributed by atoms with E-state index in [2.05, 4.69) is 22.9 Å². The lowest BCUT2D eigenvalue weighted by molar-refractivity contribution is 0.153. The van der Waals surface area contributed by atoms with Gasteiger partial charge in [0.1, 0.15) is 10.1 Å². The minimum Gasteiger partial charge on any atom is -0.449 e. The van der Waals surface area contributed by atoms with E-state index in [9.17, 15) is 4.79 Å². The second-order valence-corrected chi connectivity index (χ2v) is 7.01. The fourth-order valence-corrected chi connectivity index (χ4v) is 2.40. The van der Waals surface area contributed by atoms with Crippen molar-refractivity contribution >= 4 is 52.0 Å². The molecule has 0 atom stereocenters. The standard InChI is InChI=1S/C15H19N3O2S2/c1-5-20-14(19)18-11-8-9(16-13(21)22)6-7-10(11)17-12(18)15(2,3)4/h6-8H,5H2,1-4H3,(H2,16,21,22). The van der Waals surface area contributed by atoms with Gasteiger partial charge in [0.2, 0.25) is 0 Å². The Balaban J connectivity index is 2.67. The third kappa shape index (κ3) is 3.41. The Labute approximate surface area is 140 Å². The molecule has 0 saturated heterocycles. The SMILES string of the molecule is CCOC(=O)n1c(C(C)(C)C)nc2ccc(NC(=S)S)cc21. The van der Waals surface area contributed by atoms with Crippen LogP contribution in [0.15, 0.2) is 18.2 Å². The van der Waals surface area contributed by atoms with Gasteiger partial charge < -0.3 is 10.1 Å². The van der Waals surface area contributed by atoms with Gasteiger partial charge in [0.15, 0.2) is 0 Å². The molecule has 0 saturated carbocycles. The summed E-state index contributed by atoms with van der Waals surface area (Å²) in [4.78, 5) is 17.0. The molecule has 0 radical (unpaired) electrons. The van der Waals surface area contributed by atoms with E-state index in [1.54, 1.807) is 6.92 Å². The highest BCUT2D eigenvalue weighted by Crippen LogP contribution is 2.28. The van der Waals surface area contributed by atoms with E-state index in [1.165, 1.54) is 4.57 Å². The number of carbonyl (C=O) groups excluding carboxylic acids is 1. The van der Waals surface area contributed by atoms with Crippen molar-refractivity contribution in [2.75, 3.05) is 11.9 Å². The summed E-state index contributed by atoms with van der Waals surface area (Å²) >= 11 is 8.99. The molecule has 0 fully saturated rings. The molecule has 5 nitrogen and oxygen atoms in total. The second-order valence-electron chi connectivity index (χ2n) is 5.85. The molecule has 1 aromatic carbocycles. The average Bonchev–Trinajstić information content (AvgIpc) is 2.76. The number of nitrogens with one attached hydrogen (secondary N) is 1. The van der Waals surface area contributed by atoms with Crippen LogP contribution in [-0.4, -0.2) is 26.6 Å². The molecular weight excluding hydrogens is 318 g/mol. The number of hydrogen-bond acceptors (Lipinski definition) is 4. The van der Waals surface area contributed by atoms with E-state index >= 15 is 0 Å². The van der Waals surface area contributed by atoms with E-state index in [0.717, 1.165) is 11.2 Å². The molecule has 0 spiro atoms. The van der Waals surface area contributed by atoms with Gasteiger partial charge in [0, 0.05) is 11.1 Å². The van der Waals surface area contributed by atoms with Crippen LogP contribution in [0.1, 0.15) is 33.5 Å². The van der Waals surface area contributed by atoms with Gasteiger partial charge in [-0.2, -0.15) is 0 Å². The molecule has 1 heterocycles. The van der Waals surface area contributed by atoms with Crippen LogP contribution in [0, 0.1) is 0 Å². The zero-order valence-electron chi connectivity index (χ0n) is 13.0. The van der Waals surface area contributed by atoms with Crippen LogP contribution >= 0.6 is 24.8 Å². The third-order valence-electron chi connectivity index (χ3n) is 3.03. The first-order valence-corrected chi connectivity index (χ1v) is 7.79. The summed E-state index contributed by atoms with van der Waals surface area (Å²) < 4.78 is 7.05. The highest BCUT2D eigenvalue weighted by Gasteiger charge is 2.27. The number of fused-ring (bicyclic) bond motifs is 1. The van der Waals surface area contributed by atoms with Crippen LogP contribution < -0.4 is 5.32 Å². The first kappa shape index (κ1) is 16.8. The summed E-state index contributed by atoms with van der Waals surface area (Å²) in [5.41, 5.74) is 1.86. The average molecular weight is 337 g/mol. The van der Waals surface area contributed by atoms with Crippen LogP contribution in [0.2, 0.25) is 0 Å². The molecule has 2 rings (SSSR count). The van der Waals surface area contributed by atoms with E-state index in [-0.39, 0.29) is 5.41 Å². The Kier molecular flexibility index (Phi) is 4.77. The predicted molar refractivity (Wildman–Crippen MR) is 96.1 cm³/mol. The lowest BCUT2D eigenvalue weighted by Crippen LogP contribution is -2.24. The molecule has 7 heteroatoms. The van der Waals surface area contributed by atoms with Gasteiger partial charge in [-0.05, 0) is 25.1 Å². The number of thiocarbonyl (C=S) groups is 1. The van der Waals surface area contributed by atoms with Crippen LogP contribution in [0.25, 0.3) is 11.0 Å². The minimum absolute atomic E-state index is 0.293. The fraction of sp³-hybridized carbons (Fsp3) is 0.400. The minimum atomic E-state index is -0.430. The van der Waals surface area contributed by atoms with Gasteiger partial charge in [0.05, 0.1) is 17.6 Å². The van der Waals surface area contributed by atoms with Gasteiger partial charge >= 0.3 is 6.09 Å². The Morgan fingerprint density at radius 1 is 1.45 bits per heavy atom. The predicted octanol–water partition coefficient (Wildman–Crippen LogP) is 3.97. The smallest absolute Gasteiger partial charge is 0.419 e.